The summed E-state index contributed by atoms with van der Waals surface area (Å²) in [5.74, 6) is 1.39. The van der Waals surface area contributed by atoms with E-state index in [0.717, 1.165) is 15.6 Å². The van der Waals surface area contributed by atoms with Crippen LogP contribution in [0.1, 0.15) is 29.7 Å². The van der Waals surface area contributed by atoms with E-state index in [9.17, 15) is 0 Å². The Labute approximate surface area is 127 Å². The molecule has 1 atom stereocenters. The van der Waals surface area contributed by atoms with Crippen molar-refractivity contribution < 1.29 is 4.74 Å². The third-order valence-corrected chi connectivity index (χ3v) is 3.69. The zero-order valence-corrected chi connectivity index (χ0v) is 12.9. The van der Waals surface area contributed by atoms with Gasteiger partial charge in [0.05, 0.1) is 11.6 Å². The van der Waals surface area contributed by atoms with Crippen molar-refractivity contribution in [2.45, 2.75) is 19.9 Å². The second-order valence-corrected chi connectivity index (χ2v) is 5.52. The quantitative estimate of drug-likeness (QED) is 0.904. The smallest absolute Gasteiger partial charge is 0.131 e. The number of hydrogen-bond donors (Lipinski definition) is 1. The van der Waals surface area contributed by atoms with Crippen LogP contribution in [0.25, 0.3) is 0 Å². The molecule has 20 heavy (non-hydrogen) atoms. The lowest BCUT2D eigenvalue weighted by Gasteiger charge is -2.12. The molecule has 102 valence electrons. The molecule has 0 aliphatic rings. The topological polar surface area (TPSA) is 59.0 Å². The summed E-state index contributed by atoms with van der Waals surface area (Å²) >= 11 is 3.50. The molecular formula is C16H15BrN2O. The van der Waals surface area contributed by atoms with Crippen molar-refractivity contribution in [1.82, 2.24) is 0 Å². The lowest BCUT2D eigenvalue weighted by Crippen LogP contribution is -2.05. The number of nitrogens with zero attached hydrogens (tertiary/aromatic N) is 1. The van der Waals surface area contributed by atoms with Gasteiger partial charge in [-0.25, -0.2) is 0 Å². The molecule has 0 unspecified atom stereocenters. The predicted molar refractivity (Wildman–Crippen MR) is 82.7 cm³/mol. The van der Waals surface area contributed by atoms with Crippen molar-refractivity contribution in [3.8, 4) is 17.6 Å². The second-order valence-electron chi connectivity index (χ2n) is 4.67. The van der Waals surface area contributed by atoms with Crippen molar-refractivity contribution in [3.63, 3.8) is 0 Å². The van der Waals surface area contributed by atoms with Crippen molar-refractivity contribution in [2.24, 2.45) is 5.73 Å². The number of nitriles is 1. The Morgan fingerprint density at radius 1 is 1.25 bits per heavy atom. The number of halogens is 1. The average Bonchev–Trinajstić information content (AvgIpc) is 2.41. The standard InChI is InChI=1S/C16H15BrN2O/c1-10-3-4-12(9-18)7-16(10)20-13-5-6-14(11(2)19)15(17)8-13/h3-8,11H,19H2,1-2H3/t11-/m0/s1. The number of ether oxygens (including phenoxy) is 1. The largest absolute Gasteiger partial charge is 0.457 e. The minimum Gasteiger partial charge on any atom is -0.457 e. The second kappa shape index (κ2) is 6.08. The zero-order valence-electron chi connectivity index (χ0n) is 11.4. The average molecular weight is 331 g/mol. The van der Waals surface area contributed by atoms with Gasteiger partial charge < -0.3 is 10.5 Å². The molecule has 0 aliphatic carbocycles. The molecule has 2 aromatic rings. The summed E-state index contributed by atoms with van der Waals surface area (Å²) in [5.41, 5.74) is 8.46. The fraction of sp³-hybridized carbons (Fsp3) is 0.188. The Hall–Kier alpha value is -1.83. The molecule has 0 aromatic heterocycles. The molecule has 0 spiro atoms. The van der Waals surface area contributed by atoms with Crippen molar-refractivity contribution in [2.75, 3.05) is 0 Å². The fourth-order valence-corrected chi connectivity index (χ4v) is 2.57. The third-order valence-electron chi connectivity index (χ3n) is 3.01. The first-order valence-corrected chi connectivity index (χ1v) is 7.04. The Morgan fingerprint density at radius 3 is 2.60 bits per heavy atom. The van der Waals surface area contributed by atoms with Gasteiger partial charge in [-0.1, -0.05) is 28.1 Å². The number of rotatable bonds is 3. The van der Waals surface area contributed by atoms with Gasteiger partial charge in [-0.05, 0) is 49.2 Å². The Kier molecular flexibility index (Phi) is 4.43. The molecular weight excluding hydrogens is 316 g/mol. The van der Waals surface area contributed by atoms with Crippen LogP contribution < -0.4 is 10.5 Å². The fourth-order valence-electron chi connectivity index (χ4n) is 1.85. The number of nitrogens with two attached hydrogens (primary N) is 1. The van der Waals surface area contributed by atoms with Crippen molar-refractivity contribution in [3.05, 3.63) is 57.6 Å². The summed E-state index contributed by atoms with van der Waals surface area (Å²) < 4.78 is 6.76. The summed E-state index contributed by atoms with van der Waals surface area (Å²) in [4.78, 5) is 0. The normalized spacial score (nSPS) is 11.8. The maximum absolute atomic E-state index is 8.93. The van der Waals surface area contributed by atoms with E-state index < -0.39 is 0 Å². The summed E-state index contributed by atoms with van der Waals surface area (Å²) in [6.45, 7) is 3.88. The number of aryl methyl sites for hydroxylation is 1. The van der Waals surface area contributed by atoms with Gasteiger partial charge in [0.2, 0.25) is 0 Å². The molecule has 0 radical (unpaired) electrons. The van der Waals surface area contributed by atoms with Gasteiger partial charge >= 0.3 is 0 Å². The monoisotopic (exact) mass is 330 g/mol. The first-order chi connectivity index (χ1) is 9.51. The minimum atomic E-state index is -0.0397. The van der Waals surface area contributed by atoms with Crippen LogP contribution in [0, 0.1) is 18.3 Å². The molecule has 0 amide bonds. The Balaban J connectivity index is 2.31. The van der Waals surface area contributed by atoms with Crippen molar-refractivity contribution >= 4 is 15.9 Å². The van der Waals surface area contributed by atoms with Gasteiger partial charge in [0.25, 0.3) is 0 Å². The summed E-state index contributed by atoms with van der Waals surface area (Å²) in [6, 6.07) is 13.2. The lowest BCUT2D eigenvalue weighted by atomic mass is 10.1. The van der Waals surface area contributed by atoms with Crippen LogP contribution in [0.2, 0.25) is 0 Å². The minimum absolute atomic E-state index is 0.0397. The summed E-state index contributed by atoms with van der Waals surface area (Å²) in [6.07, 6.45) is 0. The van der Waals surface area contributed by atoms with E-state index >= 15 is 0 Å². The van der Waals surface area contributed by atoms with Gasteiger partial charge in [0.1, 0.15) is 11.5 Å². The maximum Gasteiger partial charge on any atom is 0.131 e. The molecule has 0 bridgehead atoms. The van der Waals surface area contributed by atoms with Crippen LogP contribution in [-0.2, 0) is 0 Å². The van der Waals surface area contributed by atoms with Crippen LogP contribution in [0.5, 0.6) is 11.5 Å². The first kappa shape index (κ1) is 14.6. The molecule has 0 heterocycles. The van der Waals surface area contributed by atoms with E-state index in [2.05, 4.69) is 22.0 Å². The SMILES string of the molecule is Cc1ccc(C#N)cc1Oc1ccc([C@H](C)N)c(Br)c1. The van der Waals surface area contributed by atoms with E-state index in [0.29, 0.717) is 17.1 Å². The summed E-state index contributed by atoms with van der Waals surface area (Å²) in [7, 11) is 0. The molecule has 2 N–H and O–H groups in total. The summed E-state index contributed by atoms with van der Waals surface area (Å²) in [5, 5.41) is 8.93. The van der Waals surface area contributed by atoms with E-state index in [4.69, 9.17) is 15.7 Å². The van der Waals surface area contributed by atoms with Crippen LogP contribution in [0.15, 0.2) is 40.9 Å². The van der Waals surface area contributed by atoms with Gasteiger partial charge in [0.15, 0.2) is 0 Å². The van der Waals surface area contributed by atoms with Crippen LogP contribution in [0.3, 0.4) is 0 Å². The molecule has 4 heteroatoms. The van der Waals surface area contributed by atoms with Crippen LogP contribution in [0.4, 0.5) is 0 Å². The molecule has 2 aromatic carbocycles. The van der Waals surface area contributed by atoms with Gasteiger partial charge in [0, 0.05) is 10.5 Å². The van der Waals surface area contributed by atoms with Gasteiger partial charge in [-0.2, -0.15) is 5.26 Å². The first-order valence-electron chi connectivity index (χ1n) is 6.25. The highest BCUT2D eigenvalue weighted by Gasteiger charge is 2.08. The lowest BCUT2D eigenvalue weighted by molar-refractivity contribution is 0.478. The molecule has 0 fully saturated rings. The molecule has 0 aliphatic heterocycles. The van der Waals surface area contributed by atoms with E-state index in [1.807, 2.05) is 38.1 Å². The van der Waals surface area contributed by atoms with Gasteiger partial charge in [-0.3, -0.25) is 0 Å². The van der Waals surface area contributed by atoms with Crippen LogP contribution >= 0.6 is 15.9 Å². The Morgan fingerprint density at radius 2 is 2.00 bits per heavy atom. The molecule has 3 nitrogen and oxygen atoms in total. The highest BCUT2D eigenvalue weighted by atomic mass is 79.9. The maximum atomic E-state index is 8.93. The molecule has 0 saturated carbocycles. The Bertz CT molecular complexity index is 675. The molecule has 0 saturated heterocycles. The number of benzene rings is 2. The highest BCUT2D eigenvalue weighted by Crippen LogP contribution is 2.31. The van der Waals surface area contributed by atoms with Crippen molar-refractivity contribution in [1.29, 1.82) is 5.26 Å². The predicted octanol–water partition coefficient (Wildman–Crippen LogP) is 4.44. The van der Waals surface area contributed by atoms with E-state index in [-0.39, 0.29) is 6.04 Å². The zero-order chi connectivity index (χ0) is 14.7. The number of hydrogen-bond acceptors (Lipinski definition) is 3. The van der Waals surface area contributed by atoms with E-state index in [1.165, 1.54) is 0 Å². The van der Waals surface area contributed by atoms with E-state index in [1.54, 1.807) is 12.1 Å². The highest BCUT2D eigenvalue weighted by molar-refractivity contribution is 9.10. The molecule has 2 rings (SSSR count). The third kappa shape index (κ3) is 3.19. The van der Waals surface area contributed by atoms with Crippen LogP contribution in [-0.4, -0.2) is 0 Å². The van der Waals surface area contributed by atoms with Gasteiger partial charge in [-0.15, -0.1) is 0 Å².